The van der Waals surface area contributed by atoms with Crippen molar-refractivity contribution in [2.24, 2.45) is 0 Å². The van der Waals surface area contributed by atoms with E-state index in [9.17, 15) is 35.1 Å². The molecule has 0 spiro atoms. The van der Waals surface area contributed by atoms with Gasteiger partial charge < -0.3 is 45.1 Å². The molecule has 1 aliphatic rings. The fraction of sp³-hybridized carbons (Fsp3) is 0.768. The fourth-order valence-electron chi connectivity index (χ4n) is 9.85. The summed E-state index contributed by atoms with van der Waals surface area (Å²) in [4.78, 5) is 26.5. The molecule has 0 aliphatic carbocycles. The van der Waals surface area contributed by atoms with Gasteiger partial charge in [-0.2, -0.15) is 0 Å². The molecule has 1 aliphatic heterocycles. The molecule has 8 atom stereocenters. The minimum Gasteiger partial charge on any atom is -0.454 e. The maximum Gasteiger partial charge on any atom is 0.306 e. The van der Waals surface area contributed by atoms with Crippen LogP contribution in [0.4, 0.5) is 0 Å². The molecule has 8 unspecified atom stereocenters. The second-order valence-corrected chi connectivity index (χ2v) is 22.5. The SMILES string of the molecule is CC/C=C/C/C=C/C/C=C/CCCCCC(O)C(=O)NC(COC1OC(CO)C(O)C(O)C1OC(=O)CCCCCCCCCCCCCCCC/C=C\C/C=C\C/C=C\CCCCC)C(O)/C=C/CCCCCCCCCCC. The number of hydrogen-bond donors (Lipinski definition) is 6. The molecule has 1 rings (SSSR count). The number of aliphatic hydroxyl groups is 5. The molecule has 0 aromatic carbocycles. The van der Waals surface area contributed by atoms with Crippen molar-refractivity contribution in [3.63, 3.8) is 0 Å². The normalized spacial score (nSPS) is 19.3. The first-order valence-corrected chi connectivity index (χ1v) is 32.9. The molecule has 6 N–H and O–H groups in total. The van der Waals surface area contributed by atoms with Crippen LogP contribution in [0.2, 0.25) is 0 Å². The third kappa shape index (κ3) is 43.5. The summed E-state index contributed by atoms with van der Waals surface area (Å²) in [6.45, 7) is 5.63. The minimum atomic E-state index is -1.62. The summed E-state index contributed by atoms with van der Waals surface area (Å²) in [5.74, 6) is -1.22. The van der Waals surface area contributed by atoms with Crippen molar-refractivity contribution >= 4 is 11.9 Å². The van der Waals surface area contributed by atoms with Gasteiger partial charge >= 0.3 is 5.97 Å². The summed E-state index contributed by atoms with van der Waals surface area (Å²) < 4.78 is 17.6. The first-order chi connectivity index (χ1) is 39.2. The largest absolute Gasteiger partial charge is 0.454 e. The highest BCUT2D eigenvalue weighted by Crippen LogP contribution is 2.26. The quantitative estimate of drug-likeness (QED) is 0.0195. The highest BCUT2D eigenvalue weighted by molar-refractivity contribution is 5.80. The molecule has 1 amide bonds. The van der Waals surface area contributed by atoms with Crippen molar-refractivity contribution in [2.75, 3.05) is 13.2 Å². The van der Waals surface area contributed by atoms with Gasteiger partial charge in [0.05, 0.1) is 25.4 Å². The Hall–Kier alpha value is -3.16. The van der Waals surface area contributed by atoms with Crippen molar-refractivity contribution in [3.8, 4) is 0 Å². The summed E-state index contributed by atoms with van der Waals surface area (Å²) in [6.07, 6.45) is 63.5. The molecular weight excluding hydrogens is 1000 g/mol. The molecule has 1 heterocycles. The zero-order valence-corrected chi connectivity index (χ0v) is 51.2. The number of amides is 1. The van der Waals surface area contributed by atoms with Crippen molar-refractivity contribution in [3.05, 3.63) is 85.1 Å². The van der Waals surface area contributed by atoms with E-state index in [2.05, 4.69) is 99.0 Å². The maximum absolute atomic E-state index is 13.4. The maximum atomic E-state index is 13.4. The molecule has 80 heavy (non-hydrogen) atoms. The van der Waals surface area contributed by atoms with E-state index in [-0.39, 0.29) is 19.4 Å². The minimum absolute atomic E-state index is 0.117. The highest BCUT2D eigenvalue weighted by Gasteiger charge is 2.47. The first-order valence-electron chi connectivity index (χ1n) is 32.9. The van der Waals surface area contributed by atoms with Crippen LogP contribution >= 0.6 is 0 Å². The standard InChI is InChI=1S/C69H121NO10/c1-4-7-10-13-16-19-22-24-25-26-27-28-29-30-31-32-33-34-35-36-37-39-42-45-48-51-54-57-64(74)80-67-66(76)65(75)63(58-71)79-69(67)78-59-60(61(72)55-52-49-46-43-40-21-18-15-12-9-6-3)70-68(77)62(73)56-53-50-47-44-41-38-23-20-17-14-11-8-5-2/h8,11,16-17,19-20,24-25,27-28,38,41,52,55,60-63,65-67,69,71-73,75-76H,4-7,9-10,12-15,18,21-23,26,29-37,39-40,42-51,53-54,56-59H2,1-3H3,(H,70,77)/b11-8+,19-16-,20-17+,25-24-,28-27-,41-38+,55-52+. The van der Waals surface area contributed by atoms with Gasteiger partial charge in [0.1, 0.15) is 24.4 Å². The Kier molecular flexibility index (Phi) is 52.7. The Labute approximate surface area is 489 Å². The molecular formula is C69H121NO10. The number of unbranched alkanes of at least 4 members (excludes halogenated alkanes) is 29. The molecule has 1 saturated heterocycles. The molecule has 11 nitrogen and oxygen atoms in total. The summed E-state index contributed by atoms with van der Waals surface area (Å²) in [6, 6.07) is -1.04. The molecule has 462 valence electrons. The molecule has 0 bridgehead atoms. The monoisotopic (exact) mass is 1120 g/mol. The van der Waals surface area contributed by atoms with E-state index in [1.165, 1.54) is 135 Å². The van der Waals surface area contributed by atoms with E-state index in [0.29, 0.717) is 12.8 Å². The predicted octanol–water partition coefficient (Wildman–Crippen LogP) is 16.1. The van der Waals surface area contributed by atoms with Crippen LogP contribution in [0.5, 0.6) is 0 Å². The predicted molar refractivity (Wildman–Crippen MR) is 333 cm³/mol. The lowest BCUT2D eigenvalue weighted by atomic mass is 9.99. The van der Waals surface area contributed by atoms with Gasteiger partial charge in [0.25, 0.3) is 0 Å². The topological polar surface area (TPSA) is 175 Å². The highest BCUT2D eigenvalue weighted by atomic mass is 16.7. The summed E-state index contributed by atoms with van der Waals surface area (Å²) >= 11 is 0. The average Bonchev–Trinajstić information content (AvgIpc) is 3.46. The van der Waals surface area contributed by atoms with E-state index in [0.717, 1.165) is 96.3 Å². The summed E-state index contributed by atoms with van der Waals surface area (Å²) in [5.41, 5.74) is 0. The van der Waals surface area contributed by atoms with E-state index in [1.807, 2.05) is 6.08 Å². The van der Waals surface area contributed by atoms with Gasteiger partial charge in [0.15, 0.2) is 12.4 Å². The van der Waals surface area contributed by atoms with Crippen molar-refractivity contribution in [1.82, 2.24) is 5.32 Å². The number of carbonyl (C=O) groups is 2. The van der Waals surface area contributed by atoms with Crippen LogP contribution in [0.1, 0.15) is 278 Å². The smallest absolute Gasteiger partial charge is 0.306 e. The van der Waals surface area contributed by atoms with Crippen molar-refractivity contribution in [1.29, 1.82) is 0 Å². The number of aliphatic hydroxyl groups excluding tert-OH is 5. The Balaban J connectivity index is 2.55. The van der Waals surface area contributed by atoms with Crippen LogP contribution in [-0.2, 0) is 23.8 Å². The van der Waals surface area contributed by atoms with Gasteiger partial charge in [-0.15, -0.1) is 0 Å². The van der Waals surface area contributed by atoms with Gasteiger partial charge in [-0.05, 0) is 96.3 Å². The van der Waals surface area contributed by atoms with E-state index < -0.39 is 67.4 Å². The lowest BCUT2D eigenvalue weighted by molar-refractivity contribution is -0.305. The molecule has 0 aromatic rings. The second-order valence-electron chi connectivity index (χ2n) is 22.5. The van der Waals surface area contributed by atoms with Crippen LogP contribution < -0.4 is 5.32 Å². The number of allylic oxidation sites excluding steroid dienone is 13. The Morgan fingerprint density at radius 2 is 0.900 bits per heavy atom. The van der Waals surface area contributed by atoms with E-state index in [1.54, 1.807) is 6.08 Å². The van der Waals surface area contributed by atoms with Gasteiger partial charge in [-0.3, -0.25) is 9.59 Å². The number of hydrogen-bond acceptors (Lipinski definition) is 10. The number of ether oxygens (including phenoxy) is 3. The molecule has 0 aromatic heterocycles. The van der Waals surface area contributed by atoms with Gasteiger partial charge in [0, 0.05) is 6.42 Å². The van der Waals surface area contributed by atoms with Crippen LogP contribution in [0, 0.1) is 0 Å². The Morgan fingerprint density at radius 1 is 0.500 bits per heavy atom. The molecule has 11 heteroatoms. The third-order valence-corrected chi connectivity index (χ3v) is 15.0. The summed E-state index contributed by atoms with van der Waals surface area (Å²) in [5, 5.41) is 56.9. The number of carbonyl (C=O) groups excluding carboxylic acids is 2. The lowest BCUT2D eigenvalue weighted by Crippen LogP contribution is -2.61. The Morgan fingerprint density at radius 3 is 1.38 bits per heavy atom. The first kappa shape index (κ1) is 74.9. The van der Waals surface area contributed by atoms with E-state index in [4.69, 9.17) is 14.2 Å². The van der Waals surface area contributed by atoms with Crippen molar-refractivity contribution < 1.29 is 49.3 Å². The van der Waals surface area contributed by atoms with Crippen LogP contribution in [0.25, 0.3) is 0 Å². The average molecular weight is 1120 g/mol. The lowest BCUT2D eigenvalue weighted by Gasteiger charge is -2.41. The summed E-state index contributed by atoms with van der Waals surface area (Å²) in [7, 11) is 0. The van der Waals surface area contributed by atoms with Crippen molar-refractivity contribution in [2.45, 2.75) is 327 Å². The van der Waals surface area contributed by atoms with Crippen LogP contribution in [0.3, 0.4) is 0 Å². The van der Waals surface area contributed by atoms with Gasteiger partial charge in [-0.1, -0.05) is 260 Å². The van der Waals surface area contributed by atoms with Gasteiger partial charge in [-0.25, -0.2) is 0 Å². The third-order valence-electron chi connectivity index (χ3n) is 15.0. The Bertz CT molecular complexity index is 1620. The van der Waals surface area contributed by atoms with Crippen LogP contribution in [0.15, 0.2) is 85.1 Å². The molecule has 0 radical (unpaired) electrons. The van der Waals surface area contributed by atoms with Gasteiger partial charge in [0.2, 0.25) is 5.91 Å². The number of nitrogens with one attached hydrogen (secondary N) is 1. The number of rotatable bonds is 55. The molecule has 1 fully saturated rings. The zero-order chi connectivity index (χ0) is 58.2. The zero-order valence-electron chi connectivity index (χ0n) is 51.2. The van der Waals surface area contributed by atoms with Crippen LogP contribution in [-0.4, -0.2) is 99.6 Å². The fourth-order valence-corrected chi connectivity index (χ4v) is 9.85. The molecule has 0 saturated carbocycles. The second kappa shape index (κ2) is 56.3. The van der Waals surface area contributed by atoms with E-state index >= 15 is 0 Å². The number of esters is 1.